The summed E-state index contributed by atoms with van der Waals surface area (Å²) in [6, 6.07) is 3.64. The lowest BCUT2D eigenvalue weighted by atomic mass is 10.1. The predicted molar refractivity (Wildman–Crippen MR) is 58.0 cm³/mol. The molecule has 5 heteroatoms. The number of aromatic nitrogens is 1. The van der Waals surface area contributed by atoms with Crippen LogP contribution < -0.4 is 0 Å². The number of hydrogen-bond donors (Lipinski definition) is 1. The lowest BCUT2D eigenvalue weighted by molar-refractivity contribution is -0.137. The van der Waals surface area contributed by atoms with Crippen LogP contribution in [0.25, 0.3) is 0 Å². The number of carboxylic acids is 1. The zero-order valence-corrected chi connectivity index (χ0v) is 9.24. The molecule has 1 rings (SSSR count). The normalized spacial score (nSPS) is 14.5. The first-order chi connectivity index (χ1) is 7.09. The van der Waals surface area contributed by atoms with Gasteiger partial charge in [0.2, 0.25) is 0 Å². The van der Waals surface area contributed by atoms with Crippen LogP contribution in [0.2, 0.25) is 0 Å². The molecule has 0 aromatic carbocycles. The van der Waals surface area contributed by atoms with Crippen molar-refractivity contribution < 1.29 is 14.5 Å². The van der Waals surface area contributed by atoms with Crippen molar-refractivity contribution in [2.75, 3.05) is 6.26 Å². The maximum atomic E-state index is 11.3. The molecule has 0 fully saturated rings. The first-order valence-electron chi connectivity index (χ1n) is 4.52. The second-order valence-electron chi connectivity index (χ2n) is 3.28. The van der Waals surface area contributed by atoms with Crippen molar-refractivity contribution in [3.05, 3.63) is 30.1 Å². The minimum absolute atomic E-state index is 0.0714. The zero-order valence-electron chi connectivity index (χ0n) is 8.42. The predicted octanol–water partition coefficient (Wildman–Crippen LogP) is 0.846. The third-order valence-corrected chi connectivity index (χ3v) is 3.33. The van der Waals surface area contributed by atoms with Gasteiger partial charge >= 0.3 is 5.97 Å². The van der Waals surface area contributed by atoms with E-state index in [1.54, 1.807) is 18.5 Å². The number of rotatable bonds is 5. The molecule has 0 saturated carbocycles. The van der Waals surface area contributed by atoms with Crippen molar-refractivity contribution >= 4 is 17.1 Å². The third-order valence-electron chi connectivity index (χ3n) is 2.06. The van der Waals surface area contributed by atoms with E-state index in [4.69, 9.17) is 5.11 Å². The molecule has 0 bridgehead atoms. The van der Waals surface area contributed by atoms with Gasteiger partial charge < -0.3 is 9.66 Å². The van der Waals surface area contributed by atoms with Gasteiger partial charge in [-0.3, -0.25) is 9.78 Å². The first-order valence-corrected chi connectivity index (χ1v) is 6.14. The van der Waals surface area contributed by atoms with Crippen molar-refractivity contribution in [1.29, 1.82) is 0 Å². The zero-order chi connectivity index (χ0) is 11.3. The van der Waals surface area contributed by atoms with E-state index in [9.17, 15) is 9.35 Å². The molecule has 0 aliphatic carbocycles. The van der Waals surface area contributed by atoms with Crippen molar-refractivity contribution in [1.82, 2.24) is 4.98 Å². The van der Waals surface area contributed by atoms with Gasteiger partial charge in [0.1, 0.15) is 5.25 Å². The Morgan fingerprint density at radius 2 is 2.47 bits per heavy atom. The highest BCUT2D eigenvalue weighted by atomic mass is 32.2. The van der Waals surface area contributed by atoms with Crippen molar-refractivity contribution in [2.45, 2.75) is 18.1 Å². The SMILES string of the molecule is C[S+]([O-])C(CC(=O)O)Cc1cccnc1. The van der Waals surface area contributed by atoms with Crippen LogP contribution in [0.5, 0.6) is 0 Å². The fourth-order valence-electron chi connectivity index (χ4n) is 1.28. The molecule has 2 atom stereocenters. The van der Waals surface area contributed by atoms with Crippen LogP contribution >= 0.6 is 0 Å². The molecule has 82 valence electrons. The molecule has 0 aliphatic rings. The van der Waals surface area contributed by atoms with E-state index in [-0.39, 0.29) is 11.7 Å². The average molecular weight is 227 g/mol. The minimum atomic E-state index is -1.13. The highest BCUT2D eigenvalue weighted by Gasteiger charge is 2.22. The Bertz CT molecular complexity index is 316. The fourth-order valence-corrected chi connectivity index (χ4v) is 2.09. The van der Waals surface area contributed by atoms with Crippen molar-refractivity contribution in [3.8, 4) is 0 Å². The summed E-state index contributed by atoms with van der Waals surface area (Å²) in [5, 5.41) is 8.32. The summed E-state index contributed by atoms with van der Waals surface area (Å²) in [4.78, 5) is 14.5. The Balaban J connectivity index is 2.63. The van der Waals surface area contributed by atoms with Crippen LogP contribution in [0.3, 0.4) is 0 Å². The van der Waals surface area contributed by atoms with Crippen LogP contribution in [0.15, 0.2) is 24.5 Å². The lowest BCUT2D eigenvalue weighted by Crippen LogP contribution is -2.25. The number of carbonyl (C=O) groups is 1. The minimum Gasteiger partial charge on any atom is -0.616 e. The van der Waals surface area contributed by atoms with Gasteiger partial charge in [0, 0.05) is 18.8 Å². The third kappa shape index (κ3) is 4.31. The van der Waals surface area contributed by atoms with E-state index >= 15 is 0 Å². The van der Waals surface area contributed by atoms with Gasteiger partial charge in [0.25, 0.3) is 0 Å². The van der Waals surface area contributed by atoms with Crippen molar-refractivity contribution in [3.63, 3.8) is 0 Å². The number of carboxylic acid groups (broad SMARTS) is 1. The monoisotopic (exact) mass is 227 g/mol. The van der Waals surface area contributed by atoms with E-state index in [1.165, 1.54) is 6.26 Å². The summed E-state index contributed by atoms with van der Waals surface area (Å²) in [7, 11) is 0. The molecule has 0 radical (unpaired) electrons. The molecular weight excluding hydrogens is 214 g/mol. The van der Waals surface area contributed by atoms with Gasteiger partial charge in [0.15, 0.2) is 0 Å². The molecule has 1 aromatic heterocycles. The van der Waals surface area contributed by atoms with Gasteiger partial charge in [-0.25, -0.2) is 0 Å². The van der Waals surface area contributed by atoms with E-state index in [0.29, 0.717) is 6.42 Å². The maximum absolute atomic E-state index is 11.3. The molecule has 2 unspecified atom stereocenters. The van der Waals surface area contributed by atoms with E-state index in [1.807, 2.05) is 6.07 Å². The smallest absolute Gasteiger partial charge is 0.308 e. The van der Waals surface area contributed by atoms with Crippen LogP contribution in [0.1, 0.15) is 12.0 Å². The van der Waals surface area contributed by atoms with Gasteiger partial charge in [-0.1, -0.05) is 17.2 Å². The fraction of sp³-hybridized carbons (Fsp3) is 0.400. The molecule has 0 saturated heterocycles. The summed E-state index contributed by atoms with van der Waals surface area (Å²) in [5.74, 6) is -0.918. The van der Waals surface area contributed by atoms with Gasteiger partial charge in [-0.05, 0) is 11.6 Å². The van der Waals surface area contributed by atoms with E-state index in [0.717, 1.165) is 5.56 Å². The second kappa shape index (κ2) is 5.72. The number of pyridine rings is 1. The highest BCUT2D eigenvalue weighted by Crippen LogP contribution is 2.12. The Labute approximate surface area is 91.5 Å². The average Bonchev–Trinajstić information content (AvgIpc) is 2.17. The molecule has 1 heterocycles. The summed E-state index contributed by atoms with van der Waals surface area (Å²) >= 11 is -1.13. The summed E-state index contributed by atoms with van der Waals surface area (Å²) < 4.78 is 11.3. The molecular formula is C10H13NO3S. The van der Waals surface area contributed by atoms with Crippen LogP contribution in [-0.4, -0.2) is 32.1 Å². The molecule has 0 spiro atoms. The summed E-state index contributed by atoms with van der Waals surface area (Å²) in [5.41, 5.74) is 0.916. The molecule has 1 aromatic rings. The number of aliphatic carboxylic acids is 1. The number of hydrogen-bond acceptors (Lipinski definition) is 3. The molecule has 4 nitrogen and oxygen atoms in total. The van der Waals surface area contributed by atoms with E-state index < -0.39 is 17.1 Å². The Hall–Kier alpha value is -1.07. The van der Waals surface area contributed by atoms with Crippen molar-refractivity contribution in [2.24, 2.45) is 0 Å². The van der Waals surface area contributed by atoms with Gasteiger partial charge in [-0.2, -0.15) is 0 Å². The number of nitrogens with zero attached hydrogens (tertiary/aromatic N) is 1. The van der Waals surface area contributed by atoms with Crippen LogP contribution in [0.4, 0.5) is 0 Å². The molecule has 0 aliphatic heterocycles. The van der Waals surface area contributed by atoms with Gasteiger partial charge in [0.05, 0.1) is 12.7 Å². The molecule has 15 heavy (non-hydrogen) atoms. The summed E-state index contributed by atoms with van der Waals surface area (Å²) in [6.07, 6.45) is 5.27. The Morgan fingerprint density at radius 1 is 1.73 bits per heavy atom. The first kappa shape index (κ1) is 12.0. The lowest BCUT2D eigenvalue weighted by Gasteiger charge is -2.16. The highest BCUT2D eigenvalue weighted by molar-refractivity contribution is 7.91. The second-order valence-corrected chi connectivity index (χ2v) is 4.95. The summed E-state index contributed by atoms with van der Waals surface area (Å²) in [6.45, 7) is 0. The largest absolute Gasteiger partial charge is 0.616 e. The molecule has 0 amide bonds. The Morgan fingerprint density at radius 3 is 2.93 bits per heavy atom. The van der Waals surface area contributed by atoms with Crippen LogP contribution in [0, 0.1) is 0 Å². The van der Waals surface area contributed by atoms with Crippen LogP contribution in [-0.2, 0) is 22.4 Å². The van der Waals surface area contributed by atoms with Gasteiger partial charge in [-0.15, -0.1) is 0 Å². The quantitative estimate of drug-likeness (QED) is 0.757. The topological polar surface area (TPSA) is 73.2 Å². The Kier molecular flexibility index (Phi) is 4.58. The maximum Gasteiger partial charge on any atom is 0.308 e. The molecule has 1 N–H and O–H groups in total. The van der Waals surface area contributed by atoms with E-state index in [2.05, 4.69) is 4.98 Å². The standard InChI is InChI=1S/C10H13NO3S/c1-15(14)9(6-10(12)13)5-8-3-2-4-11-7-8/h2-4,7,9H,5-6H2,1H3,(H,12,13).